The monoisotopic (exact) mass is 432 g/mol. The fourth-order valence-corrected chi connectivity index (χ4v) is 3.29. The standard InChI is InChI=1S/C19H17FN4O5S/c1-2-29-15(25)7-12-10-30-18(22-12)23-16(26)13-8-21-19(28)24(17(13)27)9-11-5-3-4-6-14(11)20/h3-6,8,10H,2,7,9H2,1H3,(H,21,28)(H,22,23,26). The molecule has 0 saturated heterocycles. The number of rotatable bonds is 7. The van der Waals surface area contributed by atoms with E-state index in [0.29, 0.717) is 5.69 Å². The Bertz CT molecular complexity index is 1200. The number of carbonyl (C=O) groups excluding carboxylic acids is 2. The highest BCUT2D eigenvalue weighted by atomic mass is 32.1. The number of benzene rings is 1. The summed E-state index contributed by atoms with van der Waals surface area (Å²) < 4.78 is 19.5. The zero-order valence-corrected chi connectivity index (χ0v) is 16.6. The molecule has 3 rings (SSSR count). The molecule has 2 heterocycles. The molecule has 1 aromatic carbocycles. The van der Waals surface area contributed by atoms with E-state index in [1.165, 1.54) is 18.2 Å². The number of carbonyl (C=O) groups is 2. The summed E-state index contributed by atoms with van der Waals surface area (Å²) in [7, 11) is 0. The van der Waals surface area contributed by atoms with Crippen LogP contribution in [0.25, 0.3) is 0 Å². The van der Waals surface area contributed by atoms with E-state index in [0.717, 1.165) is 22.1 Å². The van der Waals surface area contributed by atoms with Crippen LogP contribution in [0.3, 0.4) is 0 Å². The number of nitrogens with one attached hydrogen (secondary N) is 2. The van der Waals surface area contributed by atoms with E-state index < -0.39 is 28.9 Å². The van der Waals surface area contributed by atoms with Gasteiger partial charge in [-0.15, -0.1) is 11.3 Å². The van der Waals surface area contributed by atoms with Crippen LogP contribution < -0.4 is 16.6 Å². The minimum atomic E-state index is -0.872. The molecule has 0 spiro atoms. The van der Waals surface area contributed by atoms with Crippen molar-refractivity contribution in [3.05, 3.63) is 79.3 Å². The number of aromatic nitrogens is 3. The minimum Gasteiger partial charge on any atom is -0.466 e. The second-order valence-electron chi connectivity index (χ2n) is 6.07. The minimum absolute atomic E-state index is 0.0473. The van der Waals surface area contributed by atoms with Gasteiger partial charge in [0.15, 0.2) is 5.13 Å². The first-order chi connectivity index (χ1) is 14.4. The van der Waals surface area contributed by atoms with E-state index in [1.807, 2.05) is 0 Å². The summed E-state index contributed by atoms with van der Waals surface area (Å²) in [6.07, 6.45) is 0.944. The maximum atomic E-state index is 13.9. The fourth-order valence-electron chi connectivity index (χ4n) is 2.58. The van der Waals surface area contributed by atoms with Gasteiger partial charge in [-0.1, -0.05) is 18.2 Å². The van der Waals surface area contributed by atoms with Crippen molar-refractivity contribution in [2.24, 2.45) is 0 Å². The summed E-state index contributed by atoms with van der Waals surface area (Å²) >= 11 is 1.07. The van der Waals surface area contributed by atoms with E-state index in [9.17, 15) is 23.6 Å². The highest BCUT2D eigenvalue weighted by Gasteiger charge is 2.18. The molecule has 0 saturated carbocycles. The average Bonchev–Trinajstić information content (AvgIpc) is 3.13. The third-order valence-corrected chi connectivity index (χ3v) is 4.80. The van der Waals surface area contributed by atoms with Gasteiger partial charge in [-0.25, -0.2) is 14.2 Å². The van der Waals surface area contributed by atoms with Crippen molar-refractivity contribution in [3.63, 3.8) is 0 Å². The largest absolute Gasteiger partial charge is 0.466 e. The highest BCUT2D eigenvalue weighted by Crippen LogP contribution is 2.16. The molecule has 0 unspecified atom stereocenters. The number of thiazole rings is 1. The molecular weight excluding hydrogens is 415 g/mol. The van der Waals surface area contributed by atoms with Crippen molar-refractivity contribution < 1.29 is 18.7 Å². The normalized spacial score (nSPS) is 10.6. The molecule has 30 heavy (non-hydrogen) atoms. The van der Waals surface area contributed by atoms with Gasteiger partial charge in [0.05, 0.1) is 25.3 Å². The smallest absolute Gasteiger partial charge is 0.328 e. The van der Waals surface area contributed by atoms with Gasteiger partial charge in [-0.05, 0) is 13.0 Å². The number of hydrogen-bond acceptors (Lipinski definition) is 7. The number of nitrogens with zero attached hydrogens (tertiary/aromatic N) is 2. The lowest BCUT2D eigenvalue weighted by atomic mass is 10.2. The van der Waals surface area contributed by atoms with E-state index in [4.69, 9.17) is 4.74 Å². The summed E-state index contributed by atoms with van der Waals surface area (Å²) in [5.41, 5.74) is -1.44. The number of ether oxygens (including phenoxy) is 1. The first kappa shape index (κ1) is 21.1. The predicted octanol–water partition coefficient (Wildman–Crippen LogP) is 1.54. The summed E-state index contributed by atoms with van der Waals surface area (Å²) in [6, 6.07) is 5.71. The molecule has 0 atom stereocenters. The Kier molecular flexibility index (Phi) is 6.52. The number of hydrogen-bond donors (Lipinski definition) is 2. The van der Waals surface area contributed by atoms with E-state index in [2.05, 4.69) is 15.3 Å². The molecule has 156 valence electrons. The first-order valence-corrected chi connectivity index (χ1v) is 9.74. The molecule has 0 aliphatic carbocycles. The van der Waals surface area contributed by atoms with Crippen molar-refractivity contribution in [1.29, 1.82) is 0 Å². The van der Waals surface area contributed by atoms with Gasteiger partial charge in [0.2, 0.25) is 0 Å². The van der Waals surface area contributed by atoms with Crippen molar-refractivity contribution >= 4 is 28.3 Å². The van der Waals surface area contributed by atoms with E-state index in [-0.39, 0.29) is 35.8 Å². The summed E-state index contributed by atoms with van der Waals surface area (Å²) in [5, 5.41) is 4.20. The molecule has 2 aromatic heterocycles. The van der Waals surface area contributed by atoms with Gasteiger partial charge in [0.1, 0.15) is 11.4 Å². The Labute approximate surface area is 173 Å². The molecule has 9 nitrogen and oxygen atoms in total. The lowest BCUT2D eigenvalue weighted by Crippen LogP contribution is -2.39. The first-order valence-electron chi connectivity index (χ1n) is 8.86. The molecule has 0 aliphatic rings. The van der Waals surface area contributed by atoms with Crippen molar-refractivity contribution in [2.75, 3.05) is 11.9 Å². The highest BCUT2D eigenvalue weighted by molar-refractivity contribution is 7.14. The number of amides is 1. The van der Waals surface area contributed by atoms with Gasteiger partial charge in [-0.3, -0.25) is 24.3 Å². The maximum absolute atomic E-state index is 13.9. The van der Waals surface area contributed by atoms with Crippen molar-refractivity contribution in [2.45, 2.75) is 19.9 Å². The van der Waals surface area contributed by atoms with Crippen LogP contribution in [0.5, 0.6) is 0 Å². The number of anilines is 1. The number of H-pyrrole nitrogens is 1. The third kappa shape index (κ3) is 4.87. The van der Waals surface area contributed by atoms with Crippen LogP contribution in [-0.2, 0) is 22.5 Å². The zero-order valence-electron chi connectivity index (χ0n) is 15.8. The number of aromatic amines is 1. The molecular formula is C19H17FN4O5S. The van der Waals surface area contributed by atoms with Crippen LogP contribution in [0.1, 0.15) is 28.5 Å². The lowest BCUT2D eigenvalue weighted by molar-refractivity contribution is -0.142. The van der Waals surface area contributed by atoms with Gasteiger partial charge in [-0.2, -0.15) is 0 Å². The lowest BCUT2D eigenvalue weighted by Gasteiger charge is -2.08. The van der Waals surface area contributed by atoms with E-state index in [1.54, 1.807) is 18.4 Å². The topological polar surface area (TPSA) is 123 Å². The SMILES string of the molecule is CCOC(=O)Cc1csc(NC(=O)c2c[nH]c(=O)n(Cc3ccccc3F)c2=O)n1. The average molecular weight is 432 g/mol. The van der Waals surface area contributed by atoms with Gasteiger partial charge >= 0.3 is 11.7 Å². The fraction of sp³-hybridized carbons (Fsp3) is 0.211. The van der Waals surface area contributed by atoms with Crippen molar-refractivity contribution in [1.82, 2.24) is 14.5 Å². The molecule has 0 fully saturated rings. The zero-order chi connectivity index (χ0) is 21.7. The van der Waals surface area contributed by atoms with Crippen LogP contribution >= 0.6 is 11.3 Å². The summed E-state index contributed by atoms with van der Waals surface area (Å²) in [4.78, 5) is 55.1. The molecule has 1 amide bonds. The number of halogens is 1. The third-order valence-electron chi connectivity index (χ3n) is 3.99. The van der Waals surface area contributed by atoms with Gasteiger partial charge in [0, 0.05) is 17.1 Å². The van der Waals surface area contributed by atoms with Crippen LogP contribution in [0.15, 0.2) is 45.4 Å². The van der Waals surface area contributed by atoms with Crippen LogP contribution in [0.4, 0.5) is 9.52 Å². The Morgan fingerprint density at radius 2 is 2.07 bits per heavy atom. The molecule has 0 radical (unpaired) electrons. The van der Waals surface area contributed by atoms with E-state index >= 15 is 0 Å². The molecule has 11 heteroatoms. The van der Waals surface area contributed by atoms with Gasteiger partial charge in [0.25, 0.3) is 11.5 Å². The molecule has 0 bridgehead atoms. The predicted molar refractivity (Wildman–Crippen MR) is 107 cm³/mol. The molecule has 3 aromatic rings. The maximum Gasteiger partial charge on any atom is 0.328 e. The quantitative estimate of drug-likeness (QED) is 0.546. The Morgan fingerprint density at radius 1 is 1.30 bits per heavy atom. The second-order valence-corrected chi connectivity index (χ2v) is 6.93. The number of esters is 1. The van der Waals surface area contributed by atoms with Crippen molar-refractivity contribution in [3.8, 4) is 0 Å². The Hall–Kier alpha value is -3.60. The Morgan fingerprint density at radius 3 is 2.80 bits per heavy atom. The molecule has 2 N–H and O–H groups in total. The Balaban J connectivity index is 1.79. The van der Waals surface area contributed by atoms with Crippen LogP contribution in [0.2, 0.25) is 0 Å². The van der Waals surface area contributed by atoms with Crippen LogP contribution in [0, 0.1) is 5.82 Å². The molecule has 0 aliphatic heterocycles. The summed E-state index contributed by atoms with van der Waals surface area (Å²) in [6.45, 7) is 1.61. The summed E-state index contributed by atoms with van der Waals surface area (Å²) in [5.74, 6) is -1.82. The van der Waals surface area contributed by atoms with Gasteiger partial charge < -0.3 is 9.72 Å². The van der Waals surface area contributed by atoms with Crippen LogP contribution in [-0.4, -0.2) is 33.0 Å². The second kappa shape index (κ2) is 9.27.